The third-order valence-corrected chi connectivity index (χ3v) is 5.22. The normalized spacial score (nSPS) is 31.6. The molecule has 0 aromatic rings. The molecule has 2 fully saturated rings. The summed E-state index contributed by atoms with van der Waals surface area (Å²) in [6, 6.07) is 0. The predicted octanol–water partition coefficient (Wildman–Crippen LogP) is 2.45. The van der Waals surface area contributed by atoms with Crippen LogP contribution in [0.15, 0.2) is 0 Å². The Kier molecular flexibility index (Phi) is 6.16. The maximum absolute atomic E-state index is 3.67. The lowest BCUT2D eigenvalue weighted by molar-refractivity contribution is 0.267. The first-order valence-corrected chi connectivity index (χ1v) is 8.51. The molecule has 0 unspecified atom stereocenters. The molecule has 2 nitrogen and oxygen atoms in total. The van der Waals surface area contributed by atoms with Gasteiger partial charge in [-0.05, 0) is 31.2 Å². The molecular formula is C14H28N2S. The predicted molar refractivity (Wildman–Crippen MR) is 77.8 cm³/mol. The van der Waals surface area contributed by atoms with Crippen LogP contribution in [0, 0.1) is 11.8 Å². The zero-order valence-electron chi connectivity index (χ0n) is 11.3. The molecule has 17 heavy (non-hydrogen) atoms. The van der Waals surface area contributed by atoms with Gasteiger partial charge in [0.2, 0.25) is 0 Å². The fraction of sp³-hybridized carbons (Fsp3) is 1.00. The summed E-state index contributed by atoms with van der Waals surface area (Å²) < 4.78 is 0. The number of thioether (sulfide) groups is 1. The molecule has 100 valence electrons. The summed E-state index contributed by atoms with van der Waals surface area (Å²) in [7, 11) is 0. The van der Waals surface area contributed by atoms with Crippen molar-refractivity contribution in [1.29, 1.82) is 0 Å². The molecule has 0 atom stereocenters. The molecule has 0 spiro atoms. The largest absolute Gasteiger partial charge is 0.315 e. The lowest BCUT2D eigenvalue weighted by Gasteiger charge is -2.28. The van der Waals surface area contributed by atoms with Crippen LogP contribution < -0.4 is 5.32 Å². The average molecular weight is 256 g/mol. The Balaban J connectivity index is 1.48. The van der Waals surface area contributed by atoms with Crippen molar-refractivity contribution in [3.8, 4) is 0 Å². The van der Waals surface area contributed by atoms with Crippen molar-refractivity contribution in [3.63, 3.8) is 0 Å². The van der Waals surface area contributed by atoms with Crippen molar-refractivity contribution in [1.82, 2.24) is 10.2 Å². The van der Waals surface area contributed by atoms with E-state index in [1.54, 1.807) is 0 Å². The molecule has 0 radical (unpaired) electrons. The molecule has 1 aliphatic carbocycles. The van der Waals surface area contributed by atoms with Crippen LogP contribution in [0.3, 0.4) is 0 Å². The van der Waals surface area contributed by atoms with Gasteiger partial charge in [-0.1, -0.05) is 19.8 Å². The lowest BCUT2D eigenvalue weighted by Crippen LogP contribution is -2.39. The third kappa shape index (κ3) is 5.19. The highest BCUT2D eigenvalue weighted by molar-refractivity contribution is 7.99. The van der Waals surface area contributed by atoms with Gasteiger partial charge in [0.1, 0.15) is 0 Å². The van der Waals surface area contributed by atoms with Gasteiger partial charge in [-0.15, -0.1) is 0 Å². The average Bonchev–Trinajstić information content (AvgIpc) is 2.38. The summed E-state index contributed by atoms with van der Waals surface area (Å²) in [4.78, 5) is 2.60. The molecular weight excluding hydrogens is 228 g/mol. The smallest absolute Gasteiger partial charge is 0.0107 e. The Labute approximate surface area is 111 Å². The van der Waals surface area contributed by atoms with Gasteiger partial charge in [-0.2, -0.15) is 11.8 Å². The molecule has 0 amide bonds. The summed E-state index contributed by atoms with van der Waals surface area (Å²) in [5, 5.41) is 3.67. The summed E-state index contributed by atoms with van der Waals surface area (Å²) in [5.41, 5.74) is 0. The van der Waals surface area contributed by atoms with Crippen LogP contribution >= 0.6 is 11.8 Å². The number of rotatable bonds is 5. The second-order valence-electron chi connectivity index (χ2n) is 5.78. The van der Waals surface area contributed by atoms with Crippen molar-refractivity contribution in [3.05, 3.63) is 0 Å². The van der Waals surface area contributed by atoms with Crippen LogP contribution in [0.5, 0.6) is 0 Å². The van der Waals surface area contributed by atoms with Crippen molar-refractivity contribution in [2.45, 2.75) is 32.6 Å². The molecule has 1 saturated heterocycles. The Morgan fingerprint density at radius 1 is 1.12 bits per heavy atom. The van der Waals surface area contributed by atoms with E-state index in [1.807, 2.05) is 0 Å². The first kappa shape index (κ1) is 13.7. The maximum Gasteiger partial charge on any atom is 0.0107 e. The quantitative estimate of drug-likeness (QED) is 0.761. The SMILES string of the molecule is CC1CCC(CNCCN2CCSCC2)CC1. The number of nitrogens with zero attached hydrogens (tertiary/aromatic N) is 1. The third-order valence-electron chi connectivity index (χ3n) is 4.28. The highest BCUT2D eigenvalue weighted by Crippen LogP contribution is 2.27. The topological polar surface area (TPSA) is 15.3 Å². The van der Waals surface area contributed by atoms with E-state index in [0.29, 0.717) is 0 Å². The molecule has 1 aliphatic heterocycles. The van der Waals surface area contributed by atoms with Gasteiger partial charge in [0.25, 0.3) is 0 Å². The molecule has 0 bridgehead atoms. The minimum Gasteiger partial charge on any atom is -0.315 e. The summed E-state index contributed by atoms with van der Waals surface area (Å²) in [6.45, 7) is 8.70. The van der Waals surface area contributed by atoms with E-state index in [9.17, 15) is 0 Å². The van der Waals surface area contributed by atoms with E-state index in [0.717, 1.165) is 11.8 Å². The lowest BCUT2D eigenvalue weighted by atomic mass is 9.83. The molecule has 2 rings (SSSR count). The summed E-state index contributed by atoms with van der Waals surface area (Å²) >= 11 is 2.10. The van der Waals surface area contributed by atoms with Crippen molar-refractivity contribution >= 4 is 11.8 Å². The van der Waals surface area contributed by atoms with Gasteiger partial charge >= 0.3 is 0 Å². The number of nitrogens with one attached hydrogen (secondary N) is 1. The number of hydrogen-bond donors (Lipinski definition) is 1. The standard InChI is InChI=1S/C14H28N2S/c1-13-2-4-14(5-3-13)12-15-6-7-16-8-10-17-11-9-16/h13-15H,2-12H2,1H3. The fourth-order valence-corrected chi connectivity index (χ4v) is 3.88. The van der Waals surface area contributed by atoms with Gasteiger partial charge < -0.3 is 10.2 Å². The van der Waals surface area contributed by atoms with Crippen LogP contribution in [0.25, 0.3) is 0 Å². The van der Waals surface area contributed by atoms with Crippen LogP contribution in [0.4, 0.5) is 0 Å². The highest BCUT2D eigenvalue weighted by Gasteiger charge is 2.17. The maximum atomic E-state index is 3.67. The highest BCUT2D eigenvalue weighted by atomic mass is 32.2. The van der Waals surface area contributed by atoms with E-state index >= 15 is 0 Å². The van der Waals surface area contributed by atoms with Crippen molar-refractivity contribution < 1.29 is 0 Å². The van der Waals surface area contributed by atoms with E-state index in [2.05, 4.69) is 28.9 Å². The van der Waals surface area contributed by atoms with E-state index < -0.39 is 0 Å². The first-order chi connectivity index (χ1) is 8.34. The van der Waals surface area contributed by atoms with Gasteiger partial charge in [-0.3, -0.25) is 0 Å². The molecule has 3 heteroatoms. The summed E-state index contributed by atoms with van der Waals surface area (Å²) in [6.07, 6.45) is 5.81. The van der Waals surface area contributed by atoms with Crippen molar-refractivity contribution in [2.75, 3.05) is 44.2 Å². The summed E-state index contributed by atoms with van der Waals surface area (Å²) in [5.74, 6) is 4.61. The van der Waals surface area contributed by atoms with E-state index in [-0.39, 0.29) is 0 Å². The Morgan fingerprint density at radius 3 is 2.53 bits per heavy atom. The molecule has 1 N–H and O–H groups in total. The van der Waals surface area contributed by atoms with Gasteiger partial charge in [0.15, 0.2) is 0 Å². The Morgan fingerprint density at radius 2 is 1.82 bits per heavy atom. The zero-order valence-corrected chi connectivity index (χ0v) is 12.1. The minimum atomic E-state index is 0.961. The fourth-order valence-electron chi connectivity index (χ4n) is 2.90. The molecule has 1 heterocycles. The van der Waals surface area contributed by atoms with Crippen LogP contribution in [0.1, 0.15) is 32.6 Å². The van der Waals surface area contributed by atoms with E-state index in [4.69, 9.17) is 0 Å². The molecule has 1 saturated carbocycles. The van der Waals surface area contributed by atoms with Crippen LogP contribution in [-0.2, 0) is 0 Å². The van der Waals surface area contributed by atoms with Gasteiger partial charge in [0, 0.05) is 37.7 Å². The van der Waals surface area contributed by atoms with Crippen LogP contribution in [-0.4, -0.2) is 49.1 Å². The van der Waals surface area contributed by atoms with Crippen molar-refractivity contribution in [2.24, 2.45) is 11.8 Å². The Bertz CT molecular complexity index is 196. The molecule has 0 aromatic heterocycles. The van der Waals surface area contributed by atoms with Crippen LogP contribution in [0.2, 0.25) is 0 Å². The van der Waals surface area contributed by atoms with Gasteiger partial charge in [0.05, 0.1) is 0 Å². The molecule has 0 aromatic carbocycles. The zero-order chi connectivity index (χ0) is 11.9. The first-order valence-electron chi connectivity index (χ1n) is 7.35. The second kappa shape index (κ2) is 7.65. The number of hydrogen-bond acceptors (Lipinski definition) is 3. The van der Waals surface area contributed by atoms with E-state index in [1.165, 1.54) is 69.9 Å². The minimum absolute atomic E-state index is 0.961. The monoisotopic (exact) mass is 256 g/mol. The van der Waals surface area contributed by atoms with Gasteiger partial charge in [-0.25, -0.2) is 0 Å². The Hall–Kier alpha value is 0.270. The molecule has 2 aliphatic rings. The second-order valence-corrected chi connectivity index (χ2v) is 7.01.